The Hall–Kier alpha value is -2.81. The highest BCUT2D eigenvalue weighted by atomic mass is 19.1. The summed E-state index contributed by atoms with van der Waals surface area (Å²) in [5, 5.41) is 11.9. The van der Waals surface area contributed by atoms with E-state index in [2.05, 4.69) is 15.5 Å². The molecule has 172 valence electrons. The zero-order valence-electron chi connectivity index (χ0n) is 18.6. The maximum Gasteiger partial charge on any atom is 0.227 e. The number of carbonyl (C=O) groups excluding carboxylic acids is 2. The first-order chi connectivity index (χ1) is 15.4. The van der Waals surface area contributed by atoms with Crippen molar-refractivity contribution in [3.8, 4) is 0 Å². The van der Waals surface area contributed by atoms with E-state index in [1.807, 2.05) is 18.4 Å². The third-order valence-electron chi connectivity index (χ3n) is 6.25. The molecule has 2 amide bonds. The minimum Gasteiger partial charge on any atom is -0.381 e. The van der Waals surface area contributed by atoms with Crippen LogP contribution in [-0.4, -0.2) is 57.8 Å². The normalized spacial score (nSPS) is 19.5. The van der Waals surface area contributed by atoms with Crippen LogP contribution in [0.2, 0.25) is 0 Å². The number of amides is 2. The van der Waals surface area contributed by atoms with Crippen LogP contribution in [0.5, 0.6) is 0 Å². The third kappa shape index (κ3) is 4.82. The van der Waals surface area contributed by atoms with Gasteiger partial charge in [0.2, 0.25) is 11.8 Å². The maximum atomic E-state index is 14.0. The Morgan fingerprint density at radius 2 is 2.03 bits per heavy atom. The first-order valence-corrected chi connectivity index (χ1v) is 11.2. The van der Waals surface area contributed by atoms with E-state index in [9.17, 15) is 14.0 Å². The van der Waals surface area contributed by atoms with Gasteiger partial charge in [0.05, 0.1) is 25.0 Å². The van der Waals surface area contributed by atoms with Crippen molar-refractivity contribution >= 4 is 11.8 Å². The molecule has 1 fully saturated rings. The molecular weight excluding hydrogens is 413 g/mol. The van der Waals surface area contributed by atoms with Gasteiger partial charge in [0.1, 0.15) is 11.6 Å². The van der Waals surface area contributed by atoms with Crippen LogP contribution in [0.15, 0.2) is 24.3 Å². The van der Waals surface area contributed by atoms with Gasteiger partial charge >= 0.3 is 0 Å². The van der Waals surface area contributed by atoms with Crippen molar-refractivity contribution in [2.24, 2.45) is 11.8 Å². The Labute approximate surface area is 187 Å². The summed E-state index contributed by atoms with van der Waals surface area (Å²) >= 11 is 0. The summed E-state index contributed by atoms with van der Waals surface area (Å²) in [7, 11) is 0. The minimum absolute atomic E-state index is 0.0196. The van der Waals surface area contributed by atoms with Gasteiger partial charge in [-0.25, -0.2) is 4.39 Å². The van der Waals surface area contributed by atoms with Crippen molar-refractivity contribution in [2.75, 3.05) is 26.3 Å². The molecule has 1 saturated heterocycles. The van der Waals surface area contributed by atoms with E-state index in [-0.39, 0.29) is 41.9 Å². The number of benzene rings is 1. The fourth-order valence-electron chi connectivity index (χ4n) is 4.28. The fourth-order valence-corrected chi connectivity index (χ4v) is 4.28. The lowest BCUT2D eigenvalue weighted by Crippen LogP contribution is -2.38. The maximum absolute atomic E-state index is 14.0. The molecule has 1 aromatic heterocycles. The fraction of sp³-hybridized carbons (Fsp3) is 0.565. The SMILES string of the molecule is CC(C)[C@@H](NC(=O)[C@H]1CCOC1)c1nnc2n1CCN(C(=O)Cc1ccccc1F)CC2. The largest absolute Gasteiger partial charge is 0.381 e. The van der Waals surface area contributed by atoms with E-state index in [0.717, 1.165) is 12.2 Å². The lowest BCUT2D eigenvalue weighted by atomic mass is 10.0. The molecule has 1 N–H and O–H groups in total. The molecule has 2 aliphatic heterocycles. The molecule has 2 aliphatic rings. The lowest BCUT2D eigenvalue weighted by Gasteiger charge is -2.24. The second kappa shape index (κ2) is 9.77. The Kier molecular flexibility index (Phi) is 6.83. The van der Waals surface area contributed by atoms with E-state index >= 15 is 0 Å². The van der Waals surface area contributed by atoms with Crippen LogP contribution in [0.25, 0.3) is 0 Å². The molecule has 0 unspecified atom stereocenters. The number of aromatic nitrogens is 3. The van der Waals surface area contributed by atoms with Gasteiger partial charge in [0.25, 0.3) is 0 Å². The van der Waals surface area contributed by atoms with E-state index < -0.39 is 0 Å². The standard InChI is InChI=1S/C23H30FN5O3/c1-15(2)21(25-23(31)17-8-12-32-14-17)22-27-26-19-7-9-28(10-11-29(19)22)20(30)13-16-5-3-4-6-18(16)24/h3-6,15,17,21H,7-14H2,1-2H3,(H,25,31)/t17-,21+/m0/s1. The summed E-state index contributed by atoms with van der Waals surface area (Å²) in [6, 6.07) is 6.09. The highest BCUT2D eigenvalue weighted by Gasteiger charge is 2.31. The number of halogens is 1. The van der Waals surface area contributed by atoms with E-state index in [1.54, 1.807) is 23.1 Å². The van der Waals surface area contributed by atoms with Crippen molar-refractivity contribution < 1.29 is 18.7 Å². The van der Waals surface area contributed by atoms with Crippen LogP contribution in [0.1, 0.15) is 43.5 Å². The van der Waals surface area contributed by atoms with Crippen molar-refractivity contribution in [2.45, 2.75) is 45.7 Å². The summed E-state index contributed by atoms with van der Waals surface area (Å²) in [4.78, 5) is 27.3. The van der Waals surface area contributed by atoms with Gasteiger partial charge in [-0.2, -0.15) is 0 Å². The van der Waals surface area contributed by atoms with E-state index in [1.165, 1.54) is 6.07 Å². The minimum atomic E-state index is -0.363. The molecule has 3 heterocycles. The predicted octanol–water partition coefficient (Wildman–Crippen LogP) is 1.89. The quantitative estimate of drug-likeness (QED) is 0.737. The molecule has 0 radical (unpaired) electrons. The summed E-state index contributed by atoms with van der Waals surface area (Å²) in [6.07, 6.45) is 1.33. The van der Waals surface area contributed by atoms with Gasteiger partial charge in [-0.3, -0.25) is 9.59 Å². The highest BCUT2D eigenvalue weighted by Crippen LogP contribution is 2.24. The van der Waals surface area contributed by atoms with Crippen LogP contribution in [0.4, 0.5) is 4.39 Å². The first kappa shape index (κ1) is 22.4. The molecule has 0 aliphatic carbocycles. The Balaban J connectivity index is 1.45. The summed E-state index contributed by atoms with van der Waals surface area (Å²) in [6.45, 7) is 6.67. The van der Waals surface area contributed by atoms with E-state index in [4.69, 9.17) is 4.74 Å². The number of hydrogen-bond acceptors (Lipinski definition) is 5. The molecule has 4 rings (SSSR count). The monoisotopic (exact) mass is 443 g/mol. The molecule has 0 saturated carbocycles. The number of nitrogens with zero attached hydrogens (tertiary/aromatic N) is 4. The molecule has 2 aromatic rings. The second-order valence-electron chi connectivity index (χ2n) is 8.82. The number of fused-ring (bicyclic) bond motifs is 1. The van der Waals surface area contributed by atoms with Gasteiger partial charge in [0.15, 0.2) is 5.82 Å². The summed E-state index contributed by atoms with van der Waals surface area (Å²) in [5.41, 5.74) is 0.403. The van der Waals surface area contributed by atoms with Gasteiger partial charge in [0, 0.05) is 32.7 Å². The lowest BCUT2D eigenvalue weighted by molar-refractivity contribution is -0.130. The molecular formula is C23H30FN5O3. The topological polar surface area (TPSA) is 89.3 Å². The van der Waals surface area contributed by atoms with E-state index in [0.29, 0.717) is 50.7 Å². The van der Waals surface area contributed by atoms with Crippen molar-refractivity contribution in [1.82, 2.24) is 25.0 Å². The van der Waals surface area contributed by atoms with Gasteiger partial charge in [-0.1, -0.05) is 32.0 Å². The Morgan fingerprint density at radius 1 is 1.22 bits per heavy atom. The number of rotatable bonds is 6. The zero-order valence-corrected chi connectivity index (χ0v) is 18.6. The van der Waals surface area contributed by atoms with Crippen molar-refractivity contribution in [1.29, 1.82) is 0 Å². The third-order valence-corrected chi connectivity index (χ3v) is 6.25. The Bertz CT molecular complexity index is 970. The Morgan fingerprint density at radius 3 is 2.75 bits per heavy atom. The molecule has 0 bridgehead atoms. The van der Waals surface area contributed by atoms with Gasteiger partial charge < -0.3 is 19.5 Å². The van der Waals surface area contributed by atoms with Crippen LogP contribution in [0.3, 0.4) is 0 Å². The zero-order chi connectivity index (χ0) is 22.7. The molecule has 0 spiro atoms. The number of hydrogen-bond donors (Lipinski definition) is 1. The molecule has 1 aromatic carbocycles. The second-order valence-corrected chi connectivity index (χ2v) is 8.82. The predicted molar refractivity (Wildman–Crippen MR) is 115 cm³/mol. The van der Waals surface area contributed by atoms with Crippen LogP contribution in [-0.2, 0) is 33.7 Å². The molecule has 8 nitrogen and oxygen atoms in total. The summed E-state index contributed by atoms with van der Waals surface area (Å²) in [5.74, 6) is 1.01. The molecule has 9 heteroatoms. The van der Waals surface area contributed by atoms with Crippen LogP contribution >= 0.6 is 0 Å². The van der Waals surface area contributed by atoms with Crippen molar-refractivity contribution in [3.63, 3.8) is 0 Å². The smallest absolute Gasteiger partial charge is 0.227 e. The number of carbonyl (C=O) groups is 2. The molecule has 2 atom stereocenters. The summed E-state index contributed by atoms with van der Waals surface area (Å²) < 4.78 is 21.3. The number of ether oxygens (including phenoxy) is 1. The van der Waals surface area contributed by atoms with Crippen molar-refractivity contribution in [3.05, 3.63) is 47.3 Å². The van der Waals surface area contributed by atoms with Gasteiger partial charge in [-0.15, -0.1) is 10.2 Å². The van der Waals surface area contributed by atoms with Crippen LogP contribution in [0, 0.1) is 17.7 Å². The average Bonchev–Trinajstić information content (AvgIpc) is 3.39. The first-order valence-electron chi connectivity index (χ1n) is 11.2. The molecule has 32 heavy (non-hydrogen) atoms. The van der Waals surface area contributed by atoms with Gasteiger partial charge in [-0.05, 0) is 24.0 Å². The number of nitrogens with one attached hydrogen (secondary N) is 1. The highest BCUT2D eigenvalue weighted by molar-refractivity contribution is 5.79. The van der Waals surface area contributed by atoms with Crippen LogP contribution < -0.4 is 5.32 Å². The average molecular weight is 444 g/mol.